The summed E-state index contributed by atoms with van der Waals surface area (Å²) in [5, 5.41) is 6.33. The Morgan fingerprint density at radius 3 is 1.04 bits per heavy atom. The molecule has 0 amide bonds. The van der Waals surface area contributed by atoms with Gasteiger partial charge in [0, 0.05) is 16.2 Å². The lowest BCUT2D eigenvalue weighted by Gasteiger charge is -2.48. The molecule has 0 bridgehead atoms. The summed E-state index contributed by atoms with van der Waals surface area (Å²) >= 11 is 0. The van der Waals surface area contributed by atoms with Crippen LogP contribution in [0.1, 0.15) is 195 Å². The first-order valence-electron chi connectivity index (χ1n) is 20.9. The van der Waals surface area contributed by atoms with Crippen LogP contribution in [0, 0.1) is 0 Å². The zero-order valence-electron chi connectivity index (χ0n) is 39.0. The largest absolute Gasteiger partial charge is 0.103 e. The molecule has 4 aromatic rings. The van der Waals surface area contributed by atoms with Gasteiger partial charge in [0.15, 0.2) is 0 Å². The zero-order valence-corrected chi connectivity index (χ0v) is 40.7. The second kappa shape index (κ2) is 14.2. The second-order valence-corrected chi connectivity index (χ2v) is 29.5. The van der Waals surface area contributed by atoms with Crippen molar-refractivity contribution in [2.45, 2.75) is 189 Å². The summed E-state index contributed by atoms with van der Waals surface area (Å²) in [5.41, 5.74) is 13.8. The van der Waals surface area contributed by atoms with Gasteiger partial charge in [-0.25, -0.2) is 0 Å². The van der Waals surface area contributed by atoms with E-state index < -0.39 is 15.1 Å². The Bertz CT molecular complexity index is 2020. The maximum absolute atomic E-state index is 2.62. The van der Waals surface area contributed by atoms with Crippen LogP contribution < -0.4 is 0 Å². The van der Waals surface area contributed by atoms with Crippen molar-refractivity contribution in [1.29, 1.82) is 0 Å². The van der Waals surface area contributed by atoms with Gasteiger partial charge in [-0.05, 0) is 106 Å². The van der Waals surface area contributed by atoms with Gasteiger partial charge in [-0.2, -0.15) is 0 Å². The summed E-state index contributed by atoms with van der Waals surface area (Å²) in [4.78, 5) is 0. The summed E-state index contributed by atoms with van der Waals surface area (Å²) in [6.45, 7) is 51.5. The fourth-order valence-electron chi connectivity index (χ4n) is 8.19. The van der Waals surface area contributed by atoms with Crippen molar-refractivity contribution in [3.8, 4) is 0 Å². The predicted octanol–water partition coefficient (Wildman–Crippen LogP) is 16.3. The second-order valence-electron chi connectivity index (χ2n) is 23.8. The van der Waals surface area contributed by atoms with E-state index in [1.165, 1.54) is 49.7 Å². The monoisotopic (exact) mass is 775 g/mol. The minimum atomic E-state index is -0.679. The highest BCUT2D eigenvalue weighted by molar-refractivity contribution is 8.15. The molecule has 1 heterocycles. The normalized spacial score (nSPS) is 17.3. The Labute approximate surface area is 340 Å². The maximum Gasteiger partial charge on any atom is 0.0124 e. The molecule has 2 heteroatoms. The topological polar surface area (TPSA) is 0 Å². The predicted molar refractivity (Wildman–Crippen MR) is 255 cm³/mol. The lowest BCUT2D eigenvalue weighted by atomic mass is 9.72. The Hall–Kier alpha value is -2.39. The van der Waals surface area contributed by atoms with Gasteiger partial charge >= 0.3 is 0 Å². The molecule has 0 N–H and O–H groups in total. The molecule has 298 valence electrons. The first-order chi connectivity index (χ1) is 24.7. The first-order valence-corrected chi connectivity index (χ1v) is 23.8. The highest BCUT2D eigenvalue weighted by Crippen LogP contribution is 2.70. The molecular formula is C53H76P2. The minimum Gasteiger partial charge on any atom is -0.103 e. The molecule has 0 nitrogen and oxygen atoms in total. The maximum atomic E-state index is 2.62. The molecule has 0 radical (unpaired) electrons. The van der Waals surface area contributed by atoms with Crippen molar-refractivity contribution in [2.75, 3.05) is 0 Å². The molecule has 0 saturated heterocycles. The van der Waals surface area contributed by atoms with E-state index in [-0.39, 0.29) is 37.6 Å². The Balaban J connectivity index is 2.12. The molecule has 0 saturated carbocycles. The van der Waals surface area contributed by atoms with Crippen LogP contribution in [-0.2, 0) is 38.7 Å². The molecule has 1 aliphatic heterocycles. The van der Waals surface area contributed by atoms with Crippen molar-refractivity contribution in [2.24, 2.45) is 0 Å². The molecule has 5 rings (SSSR count). The van der Waals surface area contributed by atoms with Crippen LogP contribution in [-0.4, -0.2) is 15.2 Å². The molecule has 55 heavy (non-hydrogen) atoms. The molecule has 0 unspecified atom stereocenters. The zero-order chi connectivity index (χ0) is 41.6. The van der Waals surface area contributed by atoms with Crippen LogP contribution >= 0.6 is 15.1 Å². The molecule has 0 fully saturated rings. The Kier molecular flexibility index (Phi) is 11.3. The quantitative estimate of drug-likeness (QED) is 0.181. The molecule has 0 aromatic heterocycles. The lowest BCUT2D eigenvalue weighted by Crippen LogP contribution is -2.35. The van der Waals surface area contributed by atoms with Crippen LogP contribution in [0.15, 0.2) is 66.7 Å². The van der Waals surface area contributed by atoms with Gasteiger partial charge in [0.25, 0.3) is 0 Å². The van der Waals surface area contributed by atoms with Gasteiger partial charge in [-0.3, -0.25) is 0 Å². The lowest BCUT2D eigenvalue weighted by molar-refractivity contribution is 0.546. The van der Waals surface area contributed by atoms with Gasteiger partial charge in [0.05, 0.1) is 0 Å². The summed E-state index contributed by atoms with van der Waals surface area (Å²) in [5.74, 6) is 0. The van der Waals surface area contributed by atoms with E-state index in [4.69, 9.17) is 0 Å². The molecule has 4 aromatic carbocycles. The van der Waals surface area contributed by atoms with E-state index in [1.807, 2.05) is 0 Å². The highest BCUT2D eigenvalue weighted by Gasteiger charge is 2.46. The number of fused-ring (bicyclic) bond motifs is 1. The standard InChI is InChI=1S/C53H76P2/c1-47(2,3)37-29-39(49(7,8)9)43(40(30-37)50(10,11)12)45-54(33-34-26-27-35-24-22-23-25-36(35)28-34)46(55(45)53(19,20)21)44-41(51(13,14)15)31-38(48(4,5)6)32-42(44)52(16,17)18/h22-32H,33H2,1-21H3. The molecule has 0 aliphatic carbocycles. The van der Waals surface area contributed by atoms with Crippen molar-refractivity contribution in [3.63, 3.8) is 0 Å². The van der Waals surface area contributed by atoms with E-state index >= 15 is 0 Å². The third kappa shape index (κ3) is 8.88. The van der Waals surface area contributed by atoms with Crippen LogP contribution in [0.4, 0.5) is 0 Å². The SMILES string of the molecule is CC(C)(C)c1cc(C(C)(C)C)c(C2=P(Cc3ccc4ccccc4c3)=C(c3c(C(C)(C)C)cc(C(C)(C)C)cc3C(C)(C)C)P2C(C)(C)C)c(C(C)(C)C)c1. The molecule has 0 atom stereocenters. The number of rotatable bonds is 4. The minimum absolute atomic E-state index is 0.0102. The summed E-state index contributed by atoms with van der Waals surface area (Å²) < 4.78 is 0. The van der Waals surface area contributed by atoms with Crippen molar-refractivity contribution >= 4 is 35.9 Å². The molecule has 1 aliphatic rings. The first kappa shape index (κ1) is 43.7. The Morgan fingerprint density at radius 2 is 0.727 bits per heavy atom. The fraction of sp³-hybridized carbons (Fsp3) is 0.547. The Morgan fingerprint density at radius 1 is 0.382 bits per heavy atom. The fourth-order valence-corrected chi connectivity index (χ4v) is 17.3. The van der Waals surface area contributed by atoms with E-state index in [1.54, 1.807) is 21.2 Å². The molecule has 0 spiro atoms. The summed E-state index contributed by atoms with van der Waals surface area (Å²) in [6, 6.07) is 26.7. The third-order valence-electron chi connectivity index (χ3n) is 11.4. The number of hydrogen-bond acceptors (Lipinski definition) is 0. The number of hydrogen-bond donors (Lipinski definition) is 0. The highest BCUT2D eigenvalue weighted by atomic mass is 31.2. The summed E-state index contributed by atoms with van der Waals surface area (Å²) in [6.07, 6.45) is 1.07. The van der Waals surface area contributed by atoms with Crippen LogP contribution in [0.2, 0.25) is 0 Å². The van der Waals surface area contributed by atoms with Crippen molar-refractivity contribution in [1.82, 2.24) is 0 Å². The van der Waals surface area contributed by atoms with Crippen LogP contribution in [0.5, 0.6) is 0 Å². The smallest absolute Gasteiger partial charge is 0.0124 e. The summed E-state index contributed by atoms with van der Waals surface area (Å²) in [7, 11) is -1.33. The van der Waals surface area contributed by atoms with Crippen LogP contribution in [0.3, 0.4) is 0 Å². The number of benzene rings is 4. The molecular weight excluding hydrogens is 699 g/mol. The van der Waals surface area contributed by atoms with Gasteiger partial charge < -0.3 is 0 Å². The van der Waals surface area contributed by atoms with E-state index in [2.05, 4.69) is 212 Å². The van der Waals surface area contributed by atoms with Gasteiger partial charge in [-0.1, -0.05) is 212 Å². The van der Waals surface area contributed by atoms with E-state index in [0.717, 1.165) is 6.16 Å². The van der Waals surface area contributed by atoms with E-state index in [0.29, 0.717) is 0 Å². The van der Waals surface area contributed by atoms with Gasteiger partial charge in [0.1, 0.15) is 0 Å². The van der Waals surface area contributed by atoms with Crippen molar-refractivity contribution in [3.05, 3.63) is 117 Å². The van der Waals surface area contributed by atoms with Crippen LogP contribution in [0.25, 0.3) is 10.8 Å². The average molecular weight is 775 g/mol. The van der Waals surface area contributed by atoms with Gasteiger partial charge in [0.2, 0.25) is 0 Å². The average Bonchev–Trinajstić information content (AvgIpc) is 2.99. The third-order valence-corrected chi connectivity index (χ3v) is 18.9. The van der Waals surface area contributed by atoms with E-state index in [9.17, 15) is 0 Å². The van der Waals surface area contributed by atoms with Crippen molar-refractivity contribution < 1.29 is 0 Å². The van der Waals surface area contributed by atoms with Gasteiger partial charge in [-0.15, -0.1) is 7.17 Å².